The molecule has 1 heterocycles. The van der Waals surface area contributed by atoms with E-state index in [0.29, 0.717) is 0 Å². The van der Waals surface area contributed by atoms with Crippen LogP contribution in [0.1, 0.15) is 32.1 Å². The molecule has 1 aromatic heterocycles. The van der Waals surface area contributed by atoms with Crippen molar-refractivity contribution < 1.29 is 8.42 Å². The van der Waals surface area contributed by atoms with Gasteiger partial charge in [-0.2, -0.15) is 4.31 Å². The maximum absolute atomic E-state index is 12.4. The van der Waals surface area contributed by atoms with Gasteiger partial charge in [0.2, 0.25) is 15.5 Å². The van der Waals surface area contributed by atoms with Crippen molar-refractivity contribution in [3.63, 3.8) is 0 Å². The first-order valence-corrected chi connectivity index (χ1v) is 7.62. The molecule has 1 aromatic rings. The number of pyridine rings is 1. The predicted molar refractivity (Wildman–Crippen MR) is 68.9 cm³/mol. The number of H-pyrrole nitrogens is 1. The largest absolute Gasteiger partial charge is 0.366 e. The number of nitrogens with zero attached hydrogens (tertiary/aromatic N) is 1. The first kappa shape index (κ1) is 13.3. The van der Waals surface area contributed by atoms with Gasteiger partial charge < -0.3 is 4.98 Å². The molecule has 1 aliphatic carbocycles. The van der Waals surface area contributed by atoms with E-state index < -0.39 is 15.5 Å². The minimum absolute atomic E-state index is 0.0170. The molecule has 0 aliphatic heterocycles. The molecular weight excluding hydrogens is 252 g/mol. The van der Waals surface area contributed by atoms with Crippen LogP contribution < -0.4 is 5.43 Å². The van der Waals surface area contributed by atoms with Gasteiger partial charge in [0.15, 0.2) is 0 Å². The highest BCUT2D eigenvalue weighted by molar-refractivity contribution is 7.89. The SMILES string of the molecule is CN(C1CCCCC1)S(=O)(=O)c1c[nH]ccc1=O. The van der Waals surface area contributed by atoms with Crippen LogP contribution in [-0.4, -0.2) is 30.8 Å². The second-order valence-electron chi connectivity index (χ2n) is 4.69. The molecule has 0 unspecified atom stereocenters. The van der Waals surface area contributed by atoms with Crippen LogP contribution in [0.4, 0.5) is 0 Å². The predicted octanol–water partition coefficient (Wildman–Crippen LogP) is 1.33. The first-order valence-electron chi connectivity index (χ1n) is 6.18. The molecular formula is C12H18N2O3S. The van der Waals surface area contributed by atoms with Gasteiger partial charge in [0.05, 0.1) is 0 Å². The molecule has 6 heteroatoms. The van der Waals surface area contributed by atoms with Crippen LogP contribution in [0, 0.1) is 0 Å². The molecule has 18 heavy (non-hydrogen) atoms. The zero-order valence-electron chi connectivity index (χ0n) is 10.4. The molecule has 100 valence electrons. The van der Waals surface area contributed by atoms with E-state index in [4.69, 9.17) is 0 Å². The molecule has 1 aliphatic rings. The second-order valence-corrected chi connectivity index (χ2v) is 6.65. The molecule has 1 saturated carbocycles. The molecule has 5 nitrogen and oxygen atoms in total. The van der Waals surface area contributed by atoms with Gasteiger partial charge in [-0.1, -0.05) is 19.3 Å². The summed E-state index contributed by atoms with van der Waals surface area (Å²) in [5.74, 6) is 0. The Labute approximate surface area is 107 Å². The van der Waals surface area contributed by atoms with Crippen molar-refractivity contribution in [1.82, 2.24) is 9.29 Å². The van der Waals surface area contributed by atoms with Crippen LogP contribution in [0.25, 0.3) is 0 Å². The van der Waals surface area contributed by atoms with Crippen molar-refractivity contribution in [2.75, 3.05) is 7.05 Å². The van der Waals surface area contributed by atoms with E-state index in [9.17, 15) is 13.2 Å². The summed E-state index contributed by atoms with van der Waals surface area (Å²) in [7, 11) is -2.11. The number of sulfonamides is 1. The topological polar surface area (TPSA) is 70.2 Å². The lowest BCUT2D eigenvalue weighted by Crippen LogP contribution is -2.39. The van der Waals surface area contributed by atoms with Crippen LogP contribution in [0.5, 0.6) is 0 Å². The normalized spacial score (nSPS) is 18.1. The molecule has 1 fully saturated rings. The first-order chi connectivity index (χ1) is 8.53. The number of nitrogens with one attached hydrogen (secondary N) is 1. The smallest absolute Gasteiger partial charge is 0.248 e. The zero-order valence-corrected chi connectivity index (χ0v) is 11.2. The van der Waals surface area contributed by atoms with Gasteiger partial charge in [0.25, 0.3) is 0 Å². The van der Waals surface area contributed by atoms with Gasteiger partial charge in [-0.25, -0.2) is 8.42 Å². The molecule has 0 atom stereocenters. The van der Waals surface area contributed by atoms with E-state index in [2.05, 4.69) is 4.98 Å². The summed E-state index contributed by atoms with van der Waals surface area (Å²) in [6.07, 6.45) is 7.71. The Kier molecular flexibility index (Phi) is 3.87. The highest BCUT2D eigenvalue weighted by Crippen LogP contribution is 2.25. The van der Waals surface area contributed by atoms with E-state index in [1.807, 2.05) is 0 Å². The highest BCUT2D eigenvalue weighted by Gasteiger charge is 2.30. The average Bonchev–Trinajstić information content (AvgIpc) is 2.39. The summed E-state index contributed by atoms with van der Waals surface area (Å²) in [4.78, 5) is 14.1. The summed E-state index contributed by atoms with van der Waals surface area (Å²) in [6, 6.07) is 1.25. The molecule has 0 amide bonds. The summed E-state index contributed by atoms with van der Waals surface area (Å²) < 4.78 is 26.1. The van der Waals surface area contributed by atoms with Gasteiger partial charge in [-0.05, 0) is 12.8 Å². The Morgan fingerprint density at radius 1 is 1.28 bits per heavy atom. The van der Waals surface area contributed by atoms with Gasteiger partial charge in [-0.15, -0.1) is 0 Å². The maximum Gasteiger partial charge on any atom is 0.248 e. The second kappa shape index (κ2) is 5.24. The fourth-order valence-electron chi connectivity index (χ4n) is 2.40. The van der Waals surface area contributed by atoms with E-state index in [1.54, 1.807) is 7.05 Å². The van der Waals surface area contributed by atoms with Gasteiger partial charge >= 0.3 is 0 Å². The van der Waals surface area contributed by atoms with Gasteiger partial charge in [-0.3, -0.25) is 4.79 Å². The number of hydrogen-bond donors (Lipinski definition) is 1. The summed E-state index contributed by atoms with van der Waals surface area (Å²) in [6.45, 7) is 0. The van der Waals surface area contributed by atoms with Gasteiger partial charge in [0, 0.05) is 31.5 Å². The average molecular weight is 270 g/mol. The molecule has 0 aromatic carbocycles. The third-order valence-electron chi connectivity index (χ3n) is 3.53. The molecule has 1 N–H and O–H groups in total. The van der Waals surface area contributed by atoms with E-state index in [0.717, 1.165) is 32.1 Å². The van der Waals surface area contributed by atoms with Crippen LogP contribution >= 0.6 is 0 Å². The number of aromatic amines is 1. The molecule has 0 saturated heterocycles. The van der Waals surface area contributed by atoms with Crippen LogP contribution in [-0.2, 0) is 10.0 Å². The van der Waals surface area contributed by atoms with E-state index in [-0.39, 0.29) is 10.9 Å². The van der Waals surface area contributed by atoms with Gasteiger partial charge in [0.1, 0.15) is 4.90 Å². The van der Waals surface area contributed by atoms with Crippen molar-refractivity contribution >= 4 is 10.0 Å². The van der Waals surface area contributed by atoms with E-state index >= 15 is 0 Å². The van der Waals surface area contributed by atoms with Crippen LogP contribution in [0.2, 0.25) is 0 Å². The Balaban J connectivity index is 2.31. The zero-order chi connectivity index (χ0) is 13.2. The Morgan fingerprint density at radius 2 is 1.94 bits per heavy atom. The Morgan fingerprint density at radius 3 is 2.56 bits per heavy atom. The summed E-state index contributed by atoms with van der Waals surface area (Å²) >= 11 is 0. The minimum atomic E-state index is -3.68. The third kappa shape index (κ3) is 2.49. The fourth-order valence-corrected chi connectivity index (χ4v) is 3.85. The minimum Gasteiger partial charge on any atom is -0.366 e. The van der Waals surface area contributed by atoms with Crippen molar-refractivity contribution in [2.45, 2.75) is 43.0 Å². The van der Waals surface area contributed by atoms with E-state index in [1.165, 1.54) is 22.8 Å². The number of rotatable bonds is 3. The van der Waals surface area contributed by atoms with Crippen molar-refractivity contribution in [3.8, 4) is 0 Å². The van der Waals surface area contributed by atoms with Crippen LogP contribution in [0.15, 0.2) is 28.2 Å². The fraction of sp³-hybridized carbons (Fsp3) is 0.583. The van der Waals surface area contributed by atoms with Crippen molar-refractivity contribution in [2.24, 2.45) is 0 Å². The lowest BCUT2D eigenvalue weighted by atomic mass is 9.96. The lowest BCUT2D eigenvalue weighted by Gasteiger charge is -2.30. The third-order valence-corrected chi connectivity index (χ3v) is 5.47. The van der Waals surface area contributed by atoms with Crippen molar-refractivity contribution in [3.05, 3.63) is 28.7 Å². The molecule has 0 bridgehead atoms. The molecule has 0 radical (unpaired) electrons. The Hall–Kier alpha value is -1.14. The molecule has 0 spiro atoms. The van der Waals surface area contributed by atoms with Crippen LogP contribution in [0.3, 0.4) is 0 Å². The highest BCUT2D eigenvalue weighted by atomic mass is 32.2. The lowest BCUT2D eigenvalue weighted by molar-refractivity contribution is 0.285. The number of hydrogen-bond acceptors (Lipinski definition) is 3. The maximum atomic E-state index is 12.4. The Bertz CT molecular complexity index is 559. The number of aromatic nitrogens is 1. The molecule has 2 rings (SSSR count). The van der Waals surface area contributed by atoms with Crippen molar-refractivity contribution in [1.29, 1.82) is 0 Å². The standard InChI is InChI=1S/C12H18N2O3S/c1-14(10-5-3-2-4-6-10)18(16,17)12-9-13-8-7-11(12)15/h7-10H,2-6H2,1H3,(H,13,15). The quantitative estimate of drug-likeness (QED) is 0.900. The monoisotopic (exact) mass is 270 g/mol. The summed E-state index contributed by atoms with van der Waals surface area (Å²) in [5.41, 5.74) is -0.462. The summed E-state index contributed by atoms with van der Waals surface area (Å²) in [5, 5.41) is 0.